The molecule has 0 atom stereocenters. The molecule has 0 bridgehead atoms. The number of nitrogens with one attached hydrogen (secondary N) is 1. The number of methoxy groups -OCH3 is 1. The summed E-state index contributed by atoms with van der Waals surface area (Å²) < 4.78 is 10.4. The van der Waals surface area contributed by atoms with Gasteiger partial charge >= 0.3 is 0 Å². The van der Waals surface area contributed by atoms with Gasteiger partial charge in [0.05, 0.1) is 30.6 Å². The summed E-state index contributed by atoms with van der Waals surface area (Å²) in [4.78, 5) is 0. The van der Waals surface area contributed by atoms with Gasteiger partial charge in [0.2, 0.25) is 0 Å². The summed E-state index contributed by atoms with van der Waals surface area (Å²) in [5.41, 5.74) is 7.08. The average Bonchev–Trinajstić information content (AvgIpc) is 2.42. The topological polar surface area (TPSA) is 76.7 Å². The lowest BCUT2D eigenvalue weighted by molar-refractivity contribution is 0.0380. The maximum atomic E-state index is 9.61. The summed E-state index contributed by atoms with van der Waals surface area (Å²) in [6, 6.07) is 5.50. The molecule has 5 heteroatoms. The van der Waals surface area contributed by atoms with Crippen LogP contribution in [0.5, 0.6) is 5.75 Å². The molecule has 100 valence electrons. The van der Waals surface area contributed by atoms with E-state index in [1.807, 2.05) is 12.1 Å². The van der Waals surface area contributed by atoms with Gasteiger partial charge in [0.1, 0.15) is 5.75 Å². The zero-order chi connectivity index (χ0) is 13.0. The Morgan fingerprint density at radius 3 is 2.72 bits per heavy atom. The minimum Gasteiger partial charge on any atom is -0.497 e. The van der Waals surface area contributed by atoms with Gasteiger partial charge in [0, 0.05) is 19.3 Å². The van der Waals surface area contributed by atoms with Gasteiger partial charge in [0.25, 0.3) is 0 Å². The fraction of sp³-hybridized carbons (Fsp3) is 0.538. The Kier molecular flexibility index (Phi) is 3.93. The summed E-state index contributed by atoms with van der Waals surface area (Å²) in [5, 5.41) is 13.0. The normalized spacial score (nSPS) is 18.3. The van der Waals surface area contributed by atoms with E-state index in [9.17, 15) is 5.11 Å². The number of benzene rings is 1. The molecule has 0 unspecified atom stereocenters. The van der Waals surface area contributed by atoms with Crippen LogP contribution in [0.1, 0.15) is 12.8 Å². The first-order valence-electron chi connectivity index (χ1n) is 6.09. The molecule has 1 aromatic rings. The quantitative estimate of drug-likeness (QED) is 0.703. The van der Waals surface area contributed by atoms with Crippen molar-refractivity contribution in [2.75, 3.05) is 38.0 Å². The molecule has 5 nitrogen and oxygen atoms in total. The summed E-state index contributed by atoms with van der Waals surface area (Å²) in [7, 11) is 1.61. The number of aliphatic hydroxyl groups excluding tert-OH is 1. The van der Waals surface area contributed by atoms with Crippen LogP contribution < -0.4 is 15.8 Å². The van der Waals surface area contributed by atoms with E-state index in [4.69, 9.17) is 15.2 Å². The van der Waals surface area contributed by atoms with E-state index >= 15 is 0 Å². The van der Waals surface area contributed by atoms with E-state index in [0.29, 0.717) is 18.9 Å². The monoisotopic (exact) mass is 252 g/mol. The molecule has 2 rings (SSSR count). The second-order valence-corrected chi connectivity index (χ2v) is 4.63. The molecular weight excluding hydrogens is 232 g/mol. The molecule has 1 aliphatic rings. The van der Waals surface area contributed by atoms with Gasteiger partial charge in [-0.15, -0.1) is 0 Å². The molecule has 0 amide bonds. The summed E-state index contributed by atoms with van der Waals surface area (Å²) >= 11 is 0. The predicted molar refractivity (Wildman–Crippen MR) is 70.9 cm³/mol. The standard InChI is InChI=1S/C13H20N2O3/c1-17-10-2-3-12(11(14)8-10)15-13(9-16)4-6-18-7-5-13/h2-3,8,15-16H,4-7,9,14H2,1H3. The van der Waals surface area contributed by atoms with E-state index in [0.717, 1.165) is 24.3 Å². The zero-order valence-electron chi connectivity index (χ0n) is 10.6. The first-order valence-corrected chi connectivity index (χ1v) is 6.09. The van der Waals surface area contributed by atoms with Gasteiger partial charge in [-0.1, -0.05) is 0 Å². The van der Waals surface area contributed by atoms with Crippen molar-refractivity contribution in [1.29, 1.82) is 0 Å². The molecule has 1 aliphatic heterocycles. The molecule has 4 N–H and O–H groups in total. The van der Waals surface area contributed by atoms with Crippen molar-refractivity contribution < 1.29 is 14.6 Å². The zero-order valence-corrected chi connectivity index (χ0v) is 10.6. The lowest BCUT2D eigenvalue weighted by atomic mass is 9.90. The SMILES string of the molecule is COc1ccc(NC2(CO)CCOCC2)c(N)c1. The Morgan fingerprint density at radius 2 is 2.17 bits per heavy atom. The van der Waals surface area contributed by atoms with E-state index < -0.39 is 0 Å². The Morgan fingerprint density at radius 1 is 1.44 bits per heavy atom. The molecule has 0 aliphatic carbocycles. The van der Waals surface area contributed by atoms with Gasteiger partial charge in [-0.3, -0.25) is 0 Å². The maximum absolute atomic E-state index is 9.61. The van der Waals surface area contributed by atoms with Crippen LogP contribution in [0.4, 0.5) is 11.4 Å². The smallest absolute Gasteiger partial charge is 0.121 e. The van der Waals surface area contributed by atoms with Crippen LogP contribution >= 0.6 is 0 Å². The van der Waals surface area contributed by atoms with Crippen LogP contribution in [0.3, 0.4) is 0 Å². The summed E-state index contributed by atoms with van der Waals surface area (Å²) in [6.45, 7) is 1.38. The van der Waals surface area contributed by atoms with Crippen molar-refractivity contribution in [2.24, 2.45) is 0 Å². The van der Waals surface area contributed by atoms with Crippen LogP contribution in [0.25, 0.3) is 0 Å². The number of anilines is 2. The Balaban J connectivity index is 2.16. The van der Waals surface area contributed by atoms with Crippen LogP contribution in [-0.2, 0) is 4.74 Å². The average molecular weight is 252 g/mol. The predicted octanol–water partition coefficient (Wildman–Crippen LogP) is 1.23. The lowest BCUT2D eigenvalue weighted by Crippen LogP contribution is -2.47. The first kappa shape index (κ1) is 13.0. The van der Waals surface area contributed by atoms with E-state index in [1.54, 1.807) is 13.2 Å². The van der Waals surface area contributed by atoms with Crippen molar-refractivity contribution in [3.05, 3.63) is 18.2 Å². The molecular formula is C13H20N2O3. The minimum absolute atomic E-state index is 0.0713. The molecule has 1 saturated heterocycles. The van der Waals surface area contributed by atoms with E-state index in [-0.39, 0.29) is 12.1 Å². The van der Waals surface area contributed by atoms with Gasteiger partial charge in [0.15, 0.2) is 0 Å². The number of nitrogens with two attached hydrogens (primary N) is 1. The highest BCUT2D eigenvalue weighted by Crippen LogP contribution is 2.30. The second-order valence-electron chi connectivity index (χ2n) is 4.63. The van der Waals surface area contributed by atoms with E-state index in [2.05, 4.69) is 5.32 Å². The van der Waals surface area contributed by atoms with Crippen molar-refractivity contribution in [1.82, 2.24) is 0 Å². The number of hydrogen-bond donors (Lipinski definition) is 3. The Bertz CT molecular complexity index is 403. The molecule has 1 heterocycles. The van der Waals surface area contributed by atoms with Crippen molar-refractivity contribution in [3.63, 3.8) is 0 Å². The van der Waals surface area contributed by atoms with Crippen LogP contribution in [0, 0.1) is 0 Å². The Hall–Kier alpha value is -1.46. The molecule has 18 heavy (non-hydrogen) atoms. The number of hydrogen-bond acceptors (Lipinski definition) is 5. The highest BCUT2D eigenvalue weighted by atomic mass is 16.5. The van der Waals surface area contributed by atoms with Gasteiger partial charge < -0.3 is 25.6 Å². The largest absolute Gasteiger partial charge is 0.497 e. The number of aliphatic hydroxyl groups is 1. The number of ether oxygens (including phenoxy) is 2. The summed E-state index contributed by atoms with van der Waals surface area (Å²) in [5.74, 6) is 0.725. The first-order chi connectivity index (χ1) is 8.69. The Labute approximate surface area is 107 Å². The van der Waals surface area contributed by atoms with Crippen molar-refractivity contribution in [3.8, 4) is 5.75 Å². The molecule has 1 aromatic carbocycles. The molecule has 0 radical (unpaired) electrons. The van der Waals surface area contributed by atoms with Crippen LogP contribution in [0.2, 0.25) is 0 Å². The number of nitrogen functional groups attached to an aromatic ring is 1. The van der Waals surface area contributed by atoms with E-state index in [1.165, 1.54) is 0 Å². The number of rotatable bonds is 4. The van der Waals surface area contributed by atoms with Crippen LogP contribution in [-0.4, -0.2) is 37.6 Å². The molecule has 0 saturated carbocycles. The fourth-order valence-electron chi connectivity index (χ4n) is 2.15. The third kappa shape index (κ3) is 2.68. The van der Waals surface area contributed by atoms with Gasteiger partial charge in [-0.25, -0.2) is 0 Å². The third-order valence-corrected chi connectivity index (χ3v) is 3.41. The summed E-state index contributed by atoms with van der Waals surface area (Å²) in [6.07, 6.45) is 1.55. The molecule has 1 fully saturated rings. The van der Waals surface area contributed by atoms with Crippen LogP contribution in [0.15, 0.2) is 18.2 Å². The third-order valence-electron chi connectivity index (χ3n) is 3.41. The highest BCUT2D eigenvalue weighted by Gasteiger charge is 2.32. The molecule has 0 spiro atoms. The van der Waals surface area contributed by atoms with Gasteiger partial charge in [-0.05, 0) is 25.0 Å². The maximum Gasteiger partial charge on any atom is 0.121 e. The highest BCUT2D eigenvalue weighted by molar-refractivity contribution is 5.69. The van der Waals surface area contributed by atoms with Gasteiger partial charge in [-0.2, -0.15) is 0 Å². The van der Waals surface area contributed by atoms with Crippen molar-refractivity contribution >= 4 is 11.4 Å². The molecule has 0 aromatic heterocycles. The minimum atomic E-state index is -0.332. The second kappa shape index (κ2) is 5.46. The fourth-order valence-corrected chi connectivity index (χ4v) is 2.15. The van der Waals surface area contributed by atoms with Crippen molar-refractivity contribution in [2.45, 2.75) is 18.4 Å². The lowest BCUT2D eigenvalue weighted by Gasteiger charge is -2.37.